The molecule has 1 heterocycles. The van der Waals surface area contributed by atoms with Crippen LogP contribution < -0.4 is 0 Å². The van der Waals surface area contributed by atoms with E-state index in [4.69, 9.17) is 19.6 Å². The fraction of sp³-hybridized carbons (Fsp3) is 0.346. The van der Waals surface area contributed by atoms with Crippen LogP contribution in [0.5, 0.6) is 0 Å². The topological polar surface area (TPSA) is 86.5 Å². The lowest BCUT2D eigenvalue weighted by atomic mass is 9.99. The van der Waals surface area contributed by atoms with Crippen LogP contribution in [-0.2, 0) is 21.8 Å². The number of carboxylic acids is 1. The molecule has 0 aliphatic rings. The van der Waals surface area contributed by atoms with Crippen molar-refractivity contribution >= 4 is 12.0 Å². The number of rotatable bonds is 11. The highest BCUT2D eigenvalue weighted by Crippen LogP contribution is 2.30. The van der Waals surface area contributed by atoms with Crippen LogP contribution in [0.2, 0.25) is 0 Å². The Kier molecular flexibility index (Phi) is 8.14. The number of methoxy groups -OCH3 is 2. The van der Waals surface area contributed by atoms with E-state index in [1.807, 2.05) is 53.2 Å². The molecule has 0 fully saturated rings. The number of nitrogens with zero attached hydrogens (tertiary/aromatic N) is 3. The van der Waals surface area contributed by atoms with Gasteiger partial charge in [-0.2, -0.15) is 0 Å². The van der Waals surface area contributed by atoms with Gasteiger partial charge in [0.25, 0.3) is 0 Å². The number of ether oxygens (including phenoxy) is 2. The Hall–Kier alpha value is -3.29. The zero-order chi connectivity index (χ0) is 23.8. The predicted molar refractivity (Wildman–Crippen MR) is 128 cm³/mol. The molecule has 0 saturated heterocycles. The molecule has 3 rings (SSSR count). The molecule has 3 aromatic rings. The van der Waals surface area contributed by atoms with E-state index in [1.165, 1.54) is 0 Å². The summed E-state index contributed by atoms with van der Waals surface area (Å²) in [6.45, 7) is 4.64. The minimum atomic E-state index is -0.987. The van der Waals surface area contributed by atoms with Gasteiger partial charge in [-0.05, 0) is 35.3 Å². The summed E-state index contributed by atoms with van der Waals surface area (Å²) in [6.07, 6.45) is 6.37. The van der Waals surface area contributed by atoms with Crippen LogP contribution in [0, 0.1) is 0 Å². The highest BCUT2D eigenvalue weighted by Gasteiger charge is 2.36. The molecule has 0 bridgehead atoms. The first kappa shape index (κ1) is 24.4. The second-order valence-corrected chi connectivity index (χ2v) is 7.72. The molecule has 0 radical (unpaired) electrons. The van der Waals surface area contributed by atoms with Gasteiger partial charge in [0.05, 0.1) is 12.1 Å². The number of aromatic nitrogens is 3. The standard InChI is InChI=1S/C26H31N3O4/c1-5-7-12-23-27-25(26(32-3,33-4)17-6-2)28-29(23)18-19-13-15-20(16-14-19)21-10-8-9-11-22(21)24(30)31/h7-16H,5-6,17-18H2,1-4H3,(H,30,31)/b12-7+. The van der Waals surface area contributed by atoms with Crippen LogP contribution in [0.25, 0.3) is 17.2 Å². The van der Waals surface area contributed by atoms with Gasteiger partial charge in [-0.3, -0.25) is 0 Å². The van der Waals surface area contributed by atoms with E-state index in [-0.39, 0.29) is 5.56 Å². The minimum Gasteiger partial charge on any atom is -0.478 e. The molecule has 174 valence electrons. The number of hydrogen-bond donors (Lipinski definition) is 1. The molecule has 0 unspecified atom stereocenters. The third-order valence-corrected chi connectivity index (χ3v) is 5.54. The van der Waals surface area contributed by atoms with Crippen molar-refractivity contribution in [2.75, 3.05) is 14.2 Å². The van der Waals surface area contributed by atoms with Crippen molar-refractivity contribution in [2.24, 2.45) is 0 Å². The van der Waals surface area contributed by atoms with Gasteiger partial charge in [-0.1, -0.05) is 68.8 Å². The highest BCUT2D eigenvalue weighted by atomic mass is 16.7. The quantitative estimate of drug-likeness (QED) is 0.397. The van der Waals surface area contributed by atoms with E-state index in [2.05, 4.69) is 13.8 Å². The van der Waals surface area contributed by atoms with Gasteiger partial charge in [-0.25, -0.2) is 14.5 Å². The summed E-state index contributed by atoms with van der Waals surface area (Å²) in [4.78, 5) is 16.3. The number of carbonyl (C=O) groups is 1. The van der Waals surface area contributed by atoms with Crippen LogP contribution in [0.1, 0.15) is 60.7 Å². The first-order valence-corrected chi connectivity index (χ1v) is 11.1. The molecule has 0 spiro atoms. The van der Waals surface area contributed by atoms with Gasteiger partial charge in [-0.15, -0.1) is 5.10 Å². The predicted octanol–water partition coefficient (Wildman–Crippen LogP) is 5.36. The number of hydrogen-bond acceptors (Lipinski definition) is 5. The first-order chi connectivity index (χ1) is 16.0. The lowest BCUT2D eigenvalue weighted by Crippen LogP contribution is -2.32. The Labute approximate surface area is 194 Å². The Morgan fingerprint density at radius 3 is 2.39 bits per heavy atom. The van der Waals surface area contributed by atoms with E-state index >= 15 is 0 Å². The molecule has 1 N–H and O–H groups in total. The van der Waals surface area contributed by atoms with Crippen molar-refractivity contribution in [2.45, 2.75) is 45.4 Å². The maximum absolute atomic E-state index is 11.6. The number of benzene rings is 2. The third kappa shape index (κ3) is 5.38. The molecule has 2 aromatic carbocycles. The fourth-order valence-corrected chi connectivity index (χ4v) is 3.77. The maximum Gasteiger partial charge on any atom is 0.336 e. The van der Waals surface area contributed by atoms with E-state index in [1.54, 1.807) is 26.4 Å². The Bertz CT molecular complexity index is 1100. The zero-order valence-electron chi connectivity index (χ0n) is 19.6. The second kappa shape index (κ2) is 11.0. The van der Waals surface area contributed by atoms with Crippen molar-refractivity contribution in [1.29, 1.82) is 0 Å². The highest BCUT2D eigenvalue weighted by molar-refractivity contribution is 5.95. The van der Waals surface area contributed by atoms with Gasteiger partial charge in [0.1, 0.15) is 0 Å². The molecule has 7 heteroatoms. The Morgan fingerprint density at radius 1 is 1.09 bits per heavy atom. The van der Waals surface area contributed by atoms with E-state index in [0.717, 1.165) is 29.8 Å². The molecule has 0 atom stereocenters. The molecular weight excluding hydrogens is 418 g/mol. The van der Waals surface area contributed by atoms with Crippen molar-refractivity contribution in [3.63, 3.8) is 0 Å². The smallest absolute Gasteiger partial charge is 0.336 e. The SMILES string of the molecule is CC/C=C/c1nc(C(CCC)(OC)OC)nn1Cc1ccc(-c2ccccc2C(=O)O)cc1. The van der Waals surface area contributed by atoms with Crippen LogP contribution in [0.15, 0.2) is 54.6 Å². The summed E-state index contributed by atoms with van der Waals surface area (Å²) in [7, 11) is 3.21. The van der Waals surface area contributed by atoms with Crippen LogP contribution in [0.3, 0.4) is 0 Å². The van der Waals surface area contributed by atoms with Crippen molar-refractivity contribution in [3.05, 3.63) is 77.4 Å². The average Bonchev–Trinajstić information content (AvgIpc) is 3.24. The third-order valence-electron chi connectivity index (χ3n) is 5.54. The maximum atomic E-state index is 11.6. The van der Waals surface area contributed by atoms with Crippen LogP contribution in [-0.4, -0.2) is 40.1 Å². The molecule has 0 amide bonds. The monoisotopic (exact) mass is 449 g/mol. The number of allylic oxidation sites excluding steroid dienone is 1. The molecule has 33 heavy (non-hydrogen) atoms. The van der Waals surface area contributed by atoms with Gasteiger partial charge in [0, 0.05) is 20.6 Å². The van der Waals surface area contributed by atoms with E-state index < -0.39 is 11.8 Å². The summed E-state index contributed by atoms with van der Waals surface area (Å²) in [5.41, 5.74) is 2.84. The van der Waals surface area contributed by atoms with Crippen molar-refractivity contribution < 1.29 is 19.4 Å². The molecule has 0 aliphatic carbocycles. The van der Waals surface area contributed by atoms with Crippen LogP contribution in [0.4, 0.5) is 0 Å². The Morgan fingerprint density at radius 2 is 1.79 bits per heavy atom. The van der Waals surface area contributed by atoms with Gasteiger partial charge < -0.3 is 14.6 Å². The largest absolute Gasteiger partial charge is 0.478 e. The van der Waals surface area contributed by atoms with Crippen LogP contribution >= 0.6 is 0 Å². The summed E-state index contributed by atoms with van der Waals surface area (Å²) in [5, 5.41) is 14.2. The van der Waals surface area contributed by atoms with Gasteiger partial charge in [0.2, 0.25) is 11.6 Å². The summed E-state index contributed by atoms with van der Waals surface area (Å²) < 4.78 is 13.2. The molecular formula is C26H31N3O4. The summed E-state index contributed by atoms with van der Waals surface area (Å²) >= 11 is 0. The molecule has 7 nitrogen and oxygen atoms in total. The lowest BCUT2D eigenvalue weighted by molar-refractivity contribution is -0.225. The first-order valence-electron chi connectivity index (χ1n) is 11.1. The molecule has 0 aliphatic heterocycles. The van der Waals surface area contributed by atoms with Gasteiger partial charge >= 0.3 is 5.97 Å². The van der Waals surface area contributed by atoms with E-state index in [0.29, 0.717) is 24.4 Å². The second-order valence-electron chi connectivity index (χ2n) is 7.72. The summed E-state index contributed by atoms with van der Waals surface area (Å²) in [6, 6.07) is 14.8. The molecule has 0 saturated carbocycles. The van der Waals surface area contributed by atoms with E-state index in [9.17, 15) is 9.90 Å². The lowest BCUT2D eigenvalue weighted by Gasteiger charge is -2.27. The molecule has 1 aromatic heterocycles. The van der Waals surface area contributed by atoms with Gasteiger partial charge in [0.15, 0.2) is 5.82 Å². The van der Waals surface area contributed by atoms with Crippen molar-refractivity contribution in [1.82, 2.24) is 14.8 Å². The fourth-order valence-electron chi connectivity index (χ4n) is 3.77. The Balaban J connectivity index is 1.93. The average molecular weight is 450 g/mol. The zero-order valence-corrected chi connectivity index (χ0v) is 19.6. The van der Waals surface area contributed by atoms with Crippen molar-refractivity contribution in [3.8, 4) is 11.1 Å². The number of aromatic carboxylic acids is 1. The number of carboxylic acid groups (broad SMARTS) is 1. The minimum absolute atomic E-state index is 0.282. The normalized spacial score (nSPS) is 11.9. The summed E-state index contributed by atoms with van der Waals surface area (Å²) in [5.74, 6) is -0.706.